The van der Waals surface area contributed by atoms with E-state index in [9.17, 15) is 4.79 Å². The second kappa shape index (κ2) is 4.65. The van der Waals surface area contributed by atoms with Crippen LogP contribution < -0.4 is 11.1 Å². The Kier molecular flexibility index (Phi) is 3.05. The van der Waals surface area contributed by atoms with Gasteiger partial charge >= 0.3 is 0 Å². The SMILES string of the molecule is CC(=O)c1ccc(Nc2cc(N)ccn2)cc1. The van der Waals surface area contributed by atoms with E-state index in [2.05, 4.69) is 10.3 Å². The molecule has 0 saturated heterocycles. The van der Waals surface area contributed by atoms with Crippen LogP contribution in [0.4, 0.5) is 17.2 Å². The van der Waals surface area contributed by atoms with Crippen LogP contribution in [-0.2, 0) is 0 Å². The van der Waals surface area contributed by atoms with E-state index < -0.39 is 0 Å². The van der Waals surface area contributed by atoms with Gasteiger partial charge in [-0.2, -0.15) is 0 Å². The number of pyridine rings is 1. The lowest BCUT2D eigenvalue weighted by Gasteiger charge is -2.06. The maximum Gasteiger partial charge on any atom is 0.159 e. The number of hydrogen-bond acceptors (Lipinski definition) is 4. The summed E-state index contributed by atoms with van der Waals surface area (Å²) in [4.78, 5) is 15.2. The van der Waals surface area contributed by atoms with E-state index in [1.54, 1.807) is 37.4 Å². The van der Waals surface area contributed by atoms with E-state index in [1.165, 1.54) is 0 Å². The largest absolute Gasteiger partial charge is 0.399 e. The third-order valence-corrected chi connectivity index (χ3v) is 2.35. The number of nitrogens with two attached hydrogens (primary N) is 1. The van der Waals surface area contributed by atoms with E-state index in [4.69, 9.17) is 5.73 Å². The van der Waals surface area contributed by atoms with Crippen molar-refractivity contribution in [3.05, 3.63) is 48.2 Å². The van der Waals surface area contributed by atoms with Gasteiger partial charge in [0.15, 0.2) is 5.78 Å². The lowest BCUT2D eigenvalue weighted by molar-refractivity contribution is 0.101. The van der Waals surface area contributed by atoms with Gasteiger partial charge < -0.3 is 11.1 Å². The molecule has 0 saturated carbocycles. The van der Waals surface area contributed by atoms with Gasteiger partial charge in [-0.1, -0.05) is 0 Å². The molecule has 4 nitrogen and oxygen atoms in total. The number of benzene rings is 1. The van der Waals surface area contributed by atoms with Crippen molar-refractivity contribution in [3.8, 4) is 0 Å². The fourth-order valence-corrected chi connectivity index (χ4v) is 1.45. The molecule has 86 valence electrons. The predicted octanol–water partition coefficient (Wildman–Crippen LogP) is 2.61. The summed E-state index contributed by atoms with van der Waals surface area (Å²) in [6.07, 6.45) is 1.64. The Morgan fingerprint density at radius 3 is 2.53 bits per heavy atom. The van der Waals surface area contributed by atoms with Crippen molar-refractivity contribution in [3.63, 3.8) is 0 Å². The first-order valence-electron chi connectivity index (χ1n) is 5.25. The summed E-state index contributed by atoms with van der Waals surface area (Å²) in [5.41, 5.74) is 7.87. The Hall–Kier alpha value is -2.36. The van der Waals surface area contributed by atoms with E-state index in [1.807, 2.05) is 12.1 Å². The number of nitrogens with zero attached hydrogens (tertiary/aromatic N) is 1. The number of rotatable bonds is 3. The summed E-state index contributed by atoms with van der Waals surface area (Å²) in [6, 6.07) is 10.7. The van der Waals surface area contributed by atoms with Gasteiger partial charge in [0.25, 0.3) is 0 Å². The Labute approximate surface area is 99.5 Å². The van der Waals surface area contributed by atoms with Crippen molar-refractivity contribution >= 4 is 23.0 Å². The first kappa shape index (κ1) is 11.1. The molecule has 0 fully saturated rings. The van der Waals surface area contributed by atoms with Gasteiger partial charge in [-0.3, -0.25) is 4.79 Å². The molecule has 2 aromatic rings. The fraction of sp³-hybridized carbons (Fsp3) is 0.0769. The highest BCUT2D eigenvalue weighted by Crippen LogP contribution is 2.16. The van der Waals surface area contributed by atoms with Gasteiger partial charge in [-0.25, -0.2) is 4.98 Å². The van der Waals surface area contributed by atoms with Gasteiger partial charge in [0, 0.05) is 29.2 Å². The van der Waals surface area contributed by atoms with Gasteiger partial charge in [-0.05, 0) is 37.3 Å². The molecular formula is C13H13N3O. The molecule has 0 aliphatic rings. The lowest BCUT2D eigenvalue weighted by Crippen LogP contribution is -1.96. The van der Waals surface area contributed by atoms with E-state index in [0.717, 1.165) is 5.69 Å². The number of nitrogen functional groups attached to an aromatic ring is 1. The topological polar surface area (TPSA) is 68.0 Å². The molecule has 0 unspecified atom stereocenters. The lowest BCUT2D eigenvalue weighted by atomic mass is 10.1. The minimum Gasteiger partial charge on any atom is -0.399 e. The predicted molar refractivity (Wildman–Crippen MR) is 68.4 cm³/mol. The van der Waals surface area contributed by atoms with Crippen LogP contribution in [-0.4, -0.2) is 10.8 Å². The van der Waals surface area contributed by atoms with Crippen molar-refractivity contribution in [1.29, 1.82) is 0 Å². The van der Waals surface area contributed by atoms with Crippen LogP contribution in [0, 0.1) is 0 Å². The average molecular weight is 227 g/mol. The van der Waals surface area contributed by atoms with Crippen molar-refractivity contribution in [1.82, 2.24) is 4.98 Å². The number of Topliss-reactive ketones (excluding diaryl/α,β-unsaturated/α-hetero) is 1. The minimum absolute atomic E-state index is 0.0543. The summed E-state index contributed by atoms with van der Waals surface area (Å²) >= 11 is 0. The number of nitrogens with one attached hydrogen (secondary N) is 1. The normalized spacial score (nSPS) is 9.94. The molecule has 4 heteroatoms. The first-order chi connectivity index (χ1) is 8.15. The zero-order chi connectivity index (χ0) is 12.3. The molecule has 0 aliphatic heterocycles. The number of carbonyl (C=O) groups is 1. The number of anilines is 3. The molecule has 17 heavy (non-hydrogen) atoms. The van der Waals surface area contributed by atoms with Crippen LogP contribution in [0.5, 0.6) is 0 Å². The average Bonchev–Trinajstić information content (AvgIpc) is 2.29. The standard InChI is InChI=1S/C13H13N3O/c1-9(17)10-2-4-12(5-3-10)16-13-8-11(14)6-7-15-13/h2-8H,1H3,(H3,14,15,16). The molecule has 1 heterocycles. The molecule has 1 aromatic carbocycles. The molecule has 0 spiro atoms. The van der Waals surface area contributed by atoms with Crippen LogP contribution in [0.3, 0.4) is 0 Å². The molecule has 0 atom stereocenters. The van der Waals surface area contributed by atoms with Crippen molar-refractivity contribution in [2.75, 3.05) is 11.1 Å². The Morgan fingerprint density at radius 2 is 1.94 bits per heavy atom. The highest BCUT2D eigenvalue weighted by atomic mass is 16.1. The molecular weight excluding hydrogens is 214 g/mol. The van der Waals surface area contributed by atoms with Crippen LogP contribution in [0.25, 0.3) is 0 Å². The number of ketones is 1. The van der Waals surface area contributed by atoms with E-state index in [-0.39, 0.29) is 5.78 Å². The summed E-state index contributed by atoms with van der Waals surface area (Å²) in [7, 11) is 0. The first-order valence-corrected chi connectivity index (χ1v) is 5.25. The van der Waals surface area contributed by atoms with Crippen LogP contribution >= 0.6 is 0 Å². The van der Waals surface area contributed by atoms with Crippen LogP contribution in [0.2, 0.25) is 0 Å². The number of carbonyl (C=O) groups excluding carboxylic acids is 1. The second-order valence-electron chi connectivity index (χ2n) is 3.73. The third-order valence-electron chi connectivity index (χ3n) is 2.35. The Bertz CT molecular complexity index is 535. The van der Waals surface area contributed by atoms with Crippen molar-refractivity contribution in [2.24, 2.45) is 0 Å². The molecule has 0 radical (unpaired) electrons. The van der Waals surface area contributed by atoms with Gasteiger partial charge in [0.05, 0.1) is 0 Å². The summed E-state index contributed by atoms with van der Waals surface area (Å²) < 4.78 is 0. The van der Waals surface area contributed by atoms with E-state index >= 15 is 0 Å². The summed E-state index contributed by atoms with van der Waals surface area (Å²) in [6.45, 7) is 1.54. The van der Waals surface area contributed by atoms with Crippen LogP contribution in [0.15, 0.2) is 42.6 Å². The monoisotopic (exact) mass is 227 g/mol. The summed E-state index contributed by atoms with van der Waals surface area (Å²) in [5, 5.41) is 3.11. The van der Waals surface area contributed by atoms with Gasteiger partial charge in [0.2, 0.25) is 0 Å². The van der Waals surface area contributed by atoms with Crippen molar-refractivity contribution in [2.45, 2.75) is 6.92 Å². The molecule has 3 N–H and O–H groups in total. The maximum absolute atomic E-state index is 11.1. The molecule has 0 amide bonds. The highest BCUT2D eigenvalue weighted by molar-refractivity contribution is 5.94. The highest BCUT2D eigenvalue weighted by Gasteiger charge is 2.00. The Morgan fingerprint density at radius 1 is 1.24 bits per heavy atom. The quantitative estimate of drug-likeness (QED) is 0.791. The third kappa shape index (κ3) is 2.81. The number of hydrogen-bond donors (Lipinski definition) is 2. The van der Waals surface area contributed by atoms with E-state index in [0.29, 0.717) is 17.1 Å². The van der Waals surface area contributed by atoms with Crippen LogP contribution in [0.1, 0.15) is 17.3 Å². The maximum atomic E-state index is 11.1. The van der Waals surface area contributed by atoms with Crippen molar-refractivity contribution < 1.29 is 4.79 Å². The van der Waals surface area contributed by atoms with Gasteiger partial charge in [0.1, 0.15) is 5.82 Å². The number of aromatic nitrogens is 1. The summed E-state index contributed by atoms with van der Waals surface area (Å²) in [5.74, 6) is 0.735. The minimum atomic E-state index is 0.0543. The second-order valence-corrected chi connectivity index (χ2v) is 3.73. The zero-order valence-corrected chi connectivity index (χ0v) is 9.47. The zero-order valence-electron chi connectivity index (χ0n) is 9.47. The smallest absolute Gasteiger partial charge is 0.159 e. The molecule has 0 bridgehead atoms. The molecule has 1 aromatic heterocycles. The molecule has 0 aliphatic carbocycles. The fourth-order valence-electron chi connectivity index (χ4n) is 1.45. The van der Waals surface area contributed by atoms with Gasteiger partial charge in [-0.15, -0.1) is 0 Å². The molecule has 2 rings (SSSR count). The Balaban J connectivity index is 2.16.